The van der Waals surface area contributed by atoms with Gasteiger partial charge in [-0.2, -0.15) is 0 Å². The van der Waals surface area contributed by atoms with Crippen molar-refractivity contribution in [3.05, 3.63) is 84.1 Å². The number of rotatable bonds is 10. The zero-order valence-corrected chi connectivity index (χ0v) is 19.3. The van der Waals surface area contributed by atoms with Gasteiger partial charge < -0.3 is 31.0 Å². The van der Waals surface area contributed by atoms with Gasteiger partial charge in [0, 0.05) is 17.9 Å². The van der Waals surface area contributed by atoms with Gasteiger partial charge in [-0.1, -0.05) is 25.5 Å². The predicted octanol–water partition coefficient (Wildman–Crippen LogP) is 4.35. The minimum atomic E-state index is -0.738. The lowest BCUT2D eigenvalue weighted by Crippen LogP contribution is -2.47. The second-order valence-electron chi connectivity index (χ2n) is 7.75. The second kappa shape index (κ2) is 12.8. The molecule has 1 atom stereocenters. The Morgan fingerprint density at radius 2 is 1.51 bits per heavy atom. The Hall–Kier alpha value is -4.34. The topological polar surface area (TPSA) is 125 Å². The average Bonchev–Trinajstić information content (AvgIpc) is 3.37. The summed E-state index contributed by atoms with van der Waals surface area (Å²) >= 11 is 0. The third-order valence-electron chi connectivity index (χ3n) is 4.98. The number of carbonyl (C=O) groups is 3. The van der Waals surface area contributed by atoms with Gasteiger partial charge in [0.05, 0.1) is 12.8 Å². The highest BCUT2D eigenvalue weighted by atomic mass is 19.1. The predicted molar refractivity (Wildman–Crippen MR) is 130 cm³/mol. The molecule has 35 heavy (non-hydrogen) atoms. The summed E-state index contributed by atoms with van der Waals surface area (Å²) in [6.07, 6.45) is 2.67. The number of furan rings is 1. The van der Waals surface area contributed by atoms with E-state index in [0.29, 0.717) is 30.0 Å². The summed E-state index contributed by atoms with van der Waals surface area (Å²) in [6.45, 7) is 2.38. The fourth-order valence-electron chi connectivity index (χ4n) is 3.17. The molecule has 1 unspecified atom stereocenters. The van der Waals surface area contributed by atoms with E-state index in [1.54, 1.807) is 48.5 Å². The molecule has 1 aromatic heterocycles. The lowest BCUT2D eigenvalue weighted by molar-refractivity contribution is -0.118. The molecule has 0 aliphatic carbocycles. The number of nitrogens with one attached hydrogen (secondary N) is 5. The average molecular weight is 482 g/mol. The Labute approximate surface area is 202 Å². The summed E-state index contributed by atoms with van der Waals surface area (Å²) in [5, 5.41) is 13.5. The molecule has 1 heterocycles. The fourth-order valence-corrected chi connectivity index (χ4v) is 3.17. The van der Waals surface area contributed by atoms with Crippen LogP contribution in [0.1, 0.15) is 31.1 Å². The molecular weight excluding hydrogens is 453 g/mol. The molecule has 5 amide bonds. The van der Waals surface area contributed by atoms with E-state index in [0.717, 1.165) is 5.56 Å². The van der Waals surface area contributed by atoms with Crippen LogP contribution >= 0.6 is 0 Å². The van der Waals surface area contributed by atoms with Gasteiger partial charge in [0.2, 0.25) is 5.91 Å². The van der Waals surface area contributed by atoms with Crippen LogP contribution in [0.3, 0.4) is 0 Å². The minimum Gasteiger partial charge on any atom is -0.467 e. The lowest BCUT2D eigenvalue weighted by atomic mass is 10.1. The van der Waals surface area contributed by atoms with Crippen LogP contribution in [0, 0.1) is 5.82 Å². The molecule has 10 heteroatoms. The molecule has 0 spiro atoms. The van der Waals surface area contributed by atoms with Crippen LogP contribution in [-0.2, 0) is 17.9 Å². The largest absolute Gasteiger partial charge is 0.467 e. The molecule has 0 aliphatic rings. The molecule has 3 aromatic rings. The first-order valence-electron chi connectivity index (χ1n) is 11.2. The maximum absolute atomic E-state index is 13.0. The van der Waals surface area contributed by atoms with Crippen molar-refractivity contribution < 1.29 is 23.2 Å². The molecule has 2 aromatic carbocycles. The van der Waals surface area contributed by atoms with Gasteiger partial charge >= 0.3 is 12.1 Å². The standard InChI is InChI=1S/C25H28FN5O4/c1-2-4-22(31-25(34)27-15-17-6-8-18(26)9-7-17)23(32)29-19-10-12-20(13-11-19)30-24(33)28-16-21-5-3-14-35-21/h3,5-14,22H,2,4,15-16H2,1H3,(H,29,32)(H2,27,31,34)(H2,28,30,33). The summed E-state index contributed by atoms with van der Waals surface area (Å²) in [7, 11) is 0. The molecule has 0 saturated heterocycles. The molecular formula is C25H28FN5O4. The summed E-state index contributed by atoms with van der Waals surface area (Å²) in [4.78, 5) is 37.0. The van der Waals surface area contributed by atoms with Gasteiger partial charge in [-0.05, 0) is 60.5 Å². The Morgan fingerprint density at radius 3 is 2.14 bits per heavy atom. The lowest BCUT2D eigenvalue weighted by Gasteiger charge is -2.18. The van der Waals surface area contributed by atoms with E-state index in [-0.39, 0.29) is 24.8 Å². The normalized spacial score (nSPS) is 11.3. The van der Waals surface area contributed by atoms with E-state index in [1.165, 1.54) is 18.4 Å². The minimum absolute atomic E-state index is 0.204. The molecule has 0 fully saturated rings. The van der Waals surface area contributed by atoms with Crippen molar-refractivity contribution >= 4 is 29.3 Å². The van der Waals surface area contributed by atoms with Crippen LogP contribution in [0.5, 0.6) is 0 Å². The van der Waals surface area contributed by atoms with Crippen LogP contribution in [0.4, 0.5) is 25.4 Å². The first-order valence-corrected chi connectivity index (χ1v) is 11.2. The molecule has 0 saturated carbocycles. The number of benzene rings is 2. The number of hydrogen-bond acceptors (Lipinski definition) is 4. The number of anilines is 2. The van der Waals surface area contributed by atoms with E-state index in [4.69, 9.17) is 4.42 Å². The van der Waals surface area contributed by atoms with Crippen LogP contribution in [-0.4, -0.2) is 24.0 Å². The number of halogens is 1. The molecule has 184 valence electrons. The van der Waals surface area contributed by atoms with Crippen molar-refractivity contribution in [2.45, 2.75) is 38.9 Å². The number of amides is 5. The third kappa shape index (κ3) is 8.50. The van der Waals surface area contributed by atoms with Crippen LogP contribution in [0.15, 0.2) is 71.3 Å². The van der Waals surface area contributed by atoms with Crippen molar-refractivity contribution in [1.82, 2.24) is 16.0 Å². The zero-order chi connectivity index (χ0) is 25.0. The van der Waals surface area contributed by atoms with Crippen molar-refractivity contribution in [2.24, 2.45) is 0 Å². The maximum atomic E-state index is 13.0. The van der Waals surface area contributed by atoms with Crippen molar-refractivity contribution in [3.8, 4) is 0 Å². The van der Waals surface area contributed by atoms with Gasteiger partial charge in [-0.25, -0.2) is 14.0 Å². The molecule has 0 radical (unpaired) electrons. The highest BCUT2D eigenvalue weighted by Crippen LogP contribution is 2.14. The molecule has 3 rings (SSSR count). The van der Waals surface area contributed by atoms with Gasteiger partial charge in [-0.15, -0.1) is 0 Å². The second-order valence-corrected chi connectivity index (χ2v) is 7.75. The van der Waals surface area contributed by atoms with Gasteiger partial charge in [0.15, 0.2) is 0 Å². The highest BCUT2D eigenvalue weighted by molar-refractivity contribution is 5.97. The quantitative estimate of drug-likeness (QED) is 0.295. The molecule has 0 bridgehead atoms. The first kappa shape index (κ1) is 25.3. The van der Waals surface area contributed by atoms with Crippen molar-refractivity contribution in [3.63, 3.8) is 0 Å². The molecule has 0 aliphatic heterocycles. The van der Waals surface area contributed by atoms with E-state index in [1.807, 2.05) is 6.92 Å². The summed E-state index contributed by atoms with van der Waals surface area (Å²) in [5.41, 5.74) is 1.80. The van der Waals surface area contributed by atoms with E-state index in [2.05, 4.69) is 26.6 Å². The Balaban J connectivity index is 1.46. The first-order chi connectivity index (χ1) is 16.9. The smallest absolute Gasteiger partial charge is 0.319 e. The van der Waals surface area contributed by atoms with Gasteiger partial charge in [-0.3, -0.25) is 4.79 Å². The van der Waals surface area contributed by atoms with Crippen molar-refractivity contribution in [1.29, 1.82) is 0 Å². The zero-order valence-electron chi connectivity index (χ0n) is 19.3. The maximum Gasteiger partial charge on any atom is 0.319 e. The van der Waals surface area contributed by atoms with Crippen LogP contribution < -0.4 is 26.6 Å². The van der Waals surface area contributed by atoms with Crippen LogP contribution in [0.25, 0.3) is 0 Å². The molecule has 5 N–H and O–H groups in total. The van der Waals surface area contributed by atoms with E-state index >= 15 is 0 Å². The van der Waals surface area contributed by atoms with E-state index in [9.17, 15) is 18.8 Å². The van der Waals surface area contributed by atoms with Gasteiger partial charge in [0.25, 0.3) is 0 Å². The Bertz CT molecular complexity index is 1100. The SMILES string of the molecule is CCCC(NC(=O)NCc1ccc(F)cc1)C(=O)Nc1ccc(NC(=O)NCc2ccco2)cc1. The summed E-state index contributed by atoms with van der Waals surface area (Å²) in [5.74, 6) is -0.0756. The summed E-state index contributed by atoms with van der Waals surface area (Å²) < 4.78 is 18.2. The van der Waals surface area contributed by atoms with Crippen LogP contribution in [0.2, 0.25) is 0 Å². The monoisotopic (exact) mass is 481 g/mol. The Kier molecular flexibility index (Phi) is 9.23. The number of urea groups is 2. The summed E-state index contributed by atoms with van der Waals surface area (Å²) in [6, 6.07) is 14.3. The number of carbonyl (C=O) groups excluding carboxylic acids is 3. The fraction of sp³-hybridized carbons (Fsp3) is 0.240. The van der Waals surface area contributed by atoms with Crippen molar-refractivity contribution in [2.75, 3.05) is 10.6 Å². The number of hydrogen-bond donors (Lipinski definition) is 5. The highest BCUT2D eigenvalue weighted by Gasteiger charge is 2.20. The molecule has 9 nitrogen and oxygen atoms in total. The van der Waals surface area contributed by atoms with Gasteiger partial charge in [0.1, 0.15) is 17.6 Å². The Morgan fingerprint density at radius 1 is 0.857 bits per heavy atom. The van der Waals surface area contributed by atoms with E-state index < -0.39 is 18.1 Å². The third-order valence-corrected chi connectivity index (χ3v) is 4.98.